The second-order valence-corrected chi connectivity index (χ2v) is 5.93. The molecular weight excluding hydrogens is 337 g/mol. The maximum Gasteiger partial charge on any atom is 0.335 e. The highest BCUT2D eigenvalue weighted by atomic mass is 19.1. The van der Waals surface area contributed by atoms with Gasteiger partial charge in [-0.15, -0.1) is 0 Å². The van der Waals surface area contributed by atoms with Crippen molar-refractivity contribution in [1.82, 2.24) is 9.97 Å². The van der Waals surface area contributed by atoms with Gasteiger partial charge in [0, 0.05) is 12.7 Å². The summed E-state index contributed by atoms with van der Waals surface area (Å²) in [6.07, 6.45) is 0. The third kappa shape index (κ3) is 2.41. The predicted molar refractivity (Wildman–Crippen MR) is 98.3 cm³/mol. The number of carbonyl (C=O) groups is 1. The van der Waals surface area contributed by atoms with E-state index in [1.54, 1.807) is 25.2 Å². The number of rotatable bonds is 3. The fraction of sp³-hybridized carbons (Fsp3) is 0.0526. The molecule has 0 unspecified atom stereocenters. The van der Waals surface area contributed by atoms with Gasteiger partial charge in [0.05, 0.1) is 27.5 Å². The van der Waals surface area contributed by atoms with E-state index in [9.17, 15) is 14.0 Å². The lowest BCUT2D eigenvalue weighted by Gasteiger charge is -2.06. The number of hydrogen-bond acceptors (Lipinski definition) is 3. The minimum absolute atomic E-state index is 0.181. The first-order valence-electron chi connectivity index (χ1n) is 7.87. The summed E-state index contributed by atoms with van der Waals surface area (Å²) in [5.74, 6) is -1.50. The molecule has 0 saturated carbocycles. The van der Waals surface area contributed by atoms with E-state index in [4.69, 9.17) is 5.11 Å². The monoisotopic (exact) mass is 351 g/mol. The summed E-state index contributed by atoms with van der Waals surface area (Å²) < 4.78 is 13.8. The van der Waals surface area contributed by atoms with Crippen molar-refractivity contribution in [2.45, 2.75) is 0 Å². The van der Waals surface area contributed by atoms with Crippen LogP contribution in [-0.4, -0.2) is 28.1 Å². The number of H-pyrrole nitrogens is 2. The SMILES string of the molecule is CNc1cc(F)cc2c(=O)c3cc(-c4ccc(C(=O)O)cc4)[nH]c3[nH]c12. The highest BCUT2D eigenvalue weighted by molar-refractivity contribution is 5.99. The van der Waals surface area contributed by atoms with Crippen molar-refractivity contribution in [3.05, 3.63) is 64.1 Å². The normalized spacial score (nSPS) is 11.2. The summed E-state index contributed by atoms with van der Waals surface area (Å²) in [6.45, 7) is 0. The summed E-state index contributed by atoms with van der Waals surface area (Å²) in [5.41, 5.74) is 2.82. The first-order chi connectivity index (χ1) is 12.5. The van der Waals surface area contributed by atoms with Crippen molar-refractivity contribution in [3.63, 3.8) is 0 Å². The molecule has 0 aliphatic rings. The molecule has 130 valence electrons. The average molecular weight is 351 g/mol. The lowest BCUT2D eigenvalue weighted by molar-refractivity contribution is 0.0697. The molecule has 4 aromatic rings. The molecule has 6 nitrogen and oxygen atoms in total. The minimum Gasteiger partial charge on any atom is -0.478 e. The van der Waals surface area contributed by atoms with Gasteiger partial charge in [-0.2, -0.15) is 0 Å². The second-order valence-electron chi connectivity index (χ2n) is 5.93. The molecule has 0 aliphatic heterocycles. The largest absolute Gasteiger partial charge is 0.478 e. The Hall–Kier alpha value is -3.61. The molecule has 0 saturated heterocycles. The van der Waals surface area contributed by atoms with Crippen LogP contribution in [0.3, 0.4) is 0 Å². The highest BCUT2D eigenvalue weighted by Crippen LogP contribution is 2.26. The van der Waals surface area contributed by atoms with Crippen LogP contribution in [0.15, 0.2) is 47.3 Å². The average Bonchev–Trinajstić information content (AvgIpc) is 3.06. The van der Waals surface area contributed by atoms with E-state index >= 15 is 0 Å². The topological polar surface area (TPSA) is 98.0 Å². The molecule has 4 rings (SSSR count). The number of carboxylic acids is 1. The summed E-state index contributed by atoms with van der Waals surface area (Å²) in [6, 6.07) is 10.5. The van der Waals surface area contributed by atoms with Gasteiger partial charge in [0.15, 0.2) is 5.43 Å². The Morgan fingerprint density at radius 1 is 1.08 bits per heavy atom. The minimum atomic E-state index is -1.00. The van der Waals surface area contributed by atoms with Crippen LogP contribution in [0, 0.1) is 5.82 Å². The number of pyridine rings is 1. The van der Waals surface area contributed by atoms with Crippen molar-refractivity contribution in [1.29, 1.82) is 0 Å². The van der Waals surface area contributed by atoms with Gasteiger partial charge in [-0.05, 0) is 35.9 Å². The Kier molecular flexibility index (Phi) is 3.50. The van der Waals surface area contributed by atoms with Crippen LogP contribution >= 0.6 is 0 Å². The zero-order valence-electron chi connectivity index (χ0n) is 13.7. The molecule has 2 heterocycles. The molecule has 2 aromatic carbocycles. The molecule has 7 heteroatoms. The first-order valence-corrected chi connectivity index (χ1v) is 7.87. The number of carboxylic acid groups (broad SMARTS) is 1. The van der Waals surface area contributed by atoms with E-state index in [-0.39, 0.29) is 16.4 Å². The smallest absolute Gasteiger partial charge is 0.335 e. The molecule has 4 N–H and O–H groups in total. The van der Waals surface area contributed by atoms with Crippen molar-refractivity contribution in [2.75, 3.05) is 12.4 Å². The predicted octanol–water partition coefficient (Wildman–Crippen LogP) is 3.56. The standard InChI is InChI=1S/C19H14FN3O3/c1-21-15-7-11(20)6-12-16(15)23-18-13(17(12)24)8-14(22-18)9-2-4-10(5-3-9)19(25)26/h2-8,21H,1H3,(H,25,26)(H2,22,23,24). The summed E-state index contributed by atoms with van der Waals surface area (Å²) in [5, 5.41) is 12.5. The van der Waals surface area contributed by atoms with Gasteiger partial charge >= 0.3 is 5.97 Å². The quantitative estimate of drug-likeness (QED) is 0.454. The Balaban J connectivity index is 1.94. The van der Waals surface area contributed by atoms with Crippen LogP contribution in [0.5, 0.6) is 0 Å². The maximum atomic E-state index is 13.8. The van der Waals surface area contributed by atoms with Gasteiger partial charge in [-0.3, -0.25) is 4.79 Å². The van der Waals surface area contributed by atoms with E-state index in [2.05, 4.69) is 15.3 Å². The van der Waals surface area contributed by atoms with Crippen molar-refractivity contribution in [2.24, 2.45) is 0 Å². The Labute approximate surface area is 146 Å². The zero-order chi connectivity index (χ0) is 18.4. The number of aromatic amines is 2. The maximum absolute atomic E-state index is 13.8. The Bertz CT molecular complexity index is 1220. The van der Waals surface area contributed by atoms with Gasteiger partial charge < -0.3 is 20.4 Å². The summed E-state index contributed by atoms with van der Waals surface area (Å²) in [4.78, 5) is 30.0. The number of fused-ring (bicyclic) bond motifs is 2. The zero-order valence-corrected chi connectivity index (χ0v) is 13.7. The summed E-state index contributed by atoms with van der Waals surface area (Å²) in [7, 11) is 1.65. The molecule has 0 radical (unpaired) electrons. The van der Waals surface area contributed by atoms with E-state index < -0.39 is 11.8 Å². The number of aromatic nitrogens is 2. The highest BCUT2D eigenvalue weighted by Gasteiger charge is 2.13. The number of anilines is 1. The third-order valence-corrected chi connectivity index (χ3v) is 4.37. The van der Waals surface area contributed by atoms with Gasteiger partial charge in [-0.1, -0.05) is 12.1 Å². The van der Waals surface area contributed by atoms with Crippen molar-refractivity contribution in [3.8, 4) is 11.3 Å². The van der Waals surface area contributed by atoms with Crippen LogP contribution in [0.2, 0.25) is 0 Å². The number of nitrogens with one attached hydrogen (secondary N) is 3. The Morgan fingerprint density at radius 2 is 1.81 bits per heavy atom. The van der Waals surface area contributed by atoms with Crippen LogP contribution in [0.1, 0.15) is 10.4 Å². The number of aromatic carboxylic acids is 1. The van der Waals surface area contributed by atoms with Crippen LogP contribution in [0.4, 0.5) is 10.1 Å². The number of hydrogen-bond donors (Lipinski definition) is 4. The first kappa shape index (κ1) is 15.9. The molecule has 0 bridgehead atoms. The van der Waals surface area contributed by atoms with Gasteiger partial charge in [0.2, 0.25) is 0 Å². The molecule has 0 aliphatic carbocycles. The fourth-order valence-electron chi connectivity index (χ4n) is 3.07. The van der Waals surface area contributed by atoms with Crippen molar-refractivity contribution >= 4 is 33.6 Å². The van der Waals surface area contributed by atoms with E-state index in [1.807, 2.05) is 0 Å². The number of halogens is 1. The van der Waals surface area contributed by atoms with E-state index in [0.29, 0.717) is 27.9 Å². The lowest BCUT2D eigenvalue weighted by atomic mass is 10.1. The van der Waals surface area contributed by atoms with E-state index in [0.717, 1.165) is 5.56 Å². The number of benzene rings is 2. The molecule has 0 spiro atoms. The molecule has 0 atom stereocenters. The van der Waals surface area contributed by atoms with Crippen LogP contribution in [-0.2, 0) is 0 Å². The Morgan fingerprint density at radius 3 is 2.46 bits per heavy atom. The van der Waals surface area contributed by atoms with Crippen LogP contribution < -0.4 is 10.7 Å². The fourth-order valence-corrected chi connectivity index (χ4v) is 3.07. The molecule has 2 aromatic heterocycles. The molecular formula is C19H14FN3O3. The molecule has 0 amide bonds. The third-order valence-electron chi connectivity index (χ3n) is 4.37. The van der Waals surface area contributed by atoms with Gasteiger partial charge in [0.1, 0.15) is 11.5 Å². The molecule has 26 heavy (non-hydrogen) atoms. The second kappa shape index (κ2) is 5.73. The van der Waals surface area contributed by atoms with Gasteiger partial charge in [-0.25, -0.2) is 9.18 Å². The summed E-state index contributed by atoms with van der Waals surface area (Å²) >= 11 is 0. The molecule has 0 fully saturated rings. The van der Waals surface area contributed by atoms with E-state index in [1.165, 1.54) is 24.3 Å². The van der Waals surface area contributed by atoms with Gasteiger partial charge in [0.25, 0.3) is 0 Å². The van der Waals surface area contributed by atoms with Crippen molar-refractivity contribution < 1.29 is 14.3 Å². The van der Waals surface area contributed by atoms with Crippen LogP contribution in [0.25, 0.3) is 33.2 Å². The lowest BCUT2D eigenvalue weighted by Crippen LogP contribution is -2.05.